The molecular formula is C12H19NO3. The molecule has 1 saturated carbocycles. The van der Waals surface area contributed by atoms with E-state index in [1.165, 1.54) is 12.8 Å². The molecule has 1 atom stereocenters. The maximum atomic E-state index is 9.75. The predicted octanol–water partition coefficient (Wildman–Crippen LogP) is 1.07. The van der Waals surface area contributed by atoms with Crippen LogP contribution in [-0.2, 0) is 0 Å². The monoisotopic (exact) mass is 225 g/mol. The fourth-order valence-electron chi connectivity index (χ4n) is 1.98. The molecule has 1 fully saturated rings. The van der Waals surface area contributed by atoms with E-state index in [4.69, 9.17) is 9.52 Å². The average Bonchev–Trinajstić information content (AvgIpc) is 2.83. The van der Waals surface area contributed by atoms with Gasteiger partial charge >= 0.3 is 0 Å². The van der Waals surface area contributed by atoms with E-state index in [0.29, 0.717) is 12.3 Å². The lowest BCUT2D eigenvalue weighted by Gasteiger charge is -2.16. The standard InChI is InChI=1S/C12H19NO3/c14-6-5-12(3-4-12)9-13-8-10(15)11-2-1-7-16-11/h1-2,7,10,13-15H,3-6,8-9H2. The molecule has 0 radical (unpaired) electrons. The van der Waals surface area contributed by atoms with Gasteiger partial charge in [-0.25, -0.2) is 0 Å². The van der Waals surface area contributed by atoms with Crippen LogP contribution in [0.3, 0.4) is 0 Å². The summed E-state index contributed by atoms with van der Waals surface area (Å²) in [5.74, 6) is 0.597. The summed E-state index contributed by atoms with van der Waals surface area (Å²) in [6.45, 7) is 1.62. The van der Waals surface area contributed by atoms with Gasteiger partial charge in [0.15, 0.2) is 0 Å². The van der Waals surface area contributed by atoms with Crippen LogP contribution >= 0.6 is 0 Å². The fourth-order valence-corrected chi connectivity index (χ4v) is 1.98. The van der Waals surface area contributed by atoms with Crippen LogP contribution in [0.1, 0.15) is 31.1 Å². The van der Waals surface area contributed by atoms with Crippen molar-refractivity contribution in [3.05, 3.63) is 24.2 Å². The van der Waals surface area contributed by atoms with Gasteiger partial charge in [0.1, 0.15) is 11.9 Å². The van der Waals surface area contributed by atoms with Gasteiger partial charge in [-0.15, -0.1) is 0 Å². The van der Waals surface area contributed by atoms with Gasteiger partial charge in [0.25, 0.3) is 0 Å². The number of hydrogen-bond donors (Lipinski definition) is 3. The number of furan rings is 1. The Morgan fingerprint density at radius 3 is 2.88 bits per heavy atom. The molecule has 3 N–H and O–H groups in total. The average molecular weight is 225 g/mol. The molecule has 1 heterocycles. The van der Waals surface area contributed by atoms with Crippen LogP contribution in [0.2, 0.25) is 0 Å². The molecule has 0 bridgehead atoms. The Kier molecular flexibility index (Phi) is 3.63. The van der Waals surface area contributed by atoms with Crippen molar-refractivity contribution < 1.29 is 14.6 Å². The van der Waals surface area contributed by atoms with Crippen molar-refractivity contribution in [3.8, 4) is 0 Å². The largest absolute Gasteiger partial charge is 0.467 e. The first-order valence-electron chi connectivity index (χ1n) is 5.79. The van der Waals surface area contributed by atoms with Crippen LogP contribution in [0, 0.1) is 5.41 Å². The molecule has 0 spiro atoms. The number of aliphatic hydroxyl groups excluding tert-OH is 2. The fraction of sp³-hybridized carbons (Fsp3) is 0.667. The van der Waals surface area contributed by atoms with Crippen molar-refractivity contribution in [2.75, 3.05) is 19.7 Å². The molecular weight excluding hydrogens is 206 g/mol. The van der Waals surface area contributed by atoms with E-state index >= 15 is 0 Å². The minimum Gasteiger partial charge on any atom is -0.467 e. The lowest BCUT2D eigenvalue weighted by molar-refractivity contribution is 0.144. The molecule has 1 unspecified atom stereocenters. The number of hydrogen-bond acceptors (Lipinski definition) is 4. The van der Waals surface area contributed by atoms with Crippen LogP contribution < -0.4 is 5.32 Å². The zero-order valence-electron chi connectivity index (χ0n) is 9.35. The van der Waals surface area contributed by atoms with Crippen LogP contribution in [0.4, 0.5) is 0 Å². The zero-order chi connectivity index (χ0) is 11.4. The highest BCUT2D eigenvalue weighted by Crippen LogP contribution is 2.47. The van der Waals surface area contributed by atoms with E-state index in [-0.39, 0.29) is 12.0 Å². The van der Waals surface area contributed by atoms with Crippen LogP contribution in [-0.4, -0.2) is 29.9 Å². The third-order valence-corrected chi connectivity index (χ3v) is 3.31. The summed E-state index contributed by atoms with van der Waals surface area (Å²) in [5.41, 5.74) is 0.289. The molecule has 16 heavy (non-hydrogen) atoms. The molecule has 2 rings (SSSR count). The van der Waals surface area contributed by atoms with Crippen molar-refractivity contribution in [2.24, 2.45) is 5.41 Å². The van der Waals surface area contributed by atoms with Crippen molar-refractivity contribution >= 4 is 0 Å². The summed E-state index contributed by atoms with van der Waals surface area (Å²) >= 11 is 0. The molecule has 1 aliphatic carbocycles. The highest BCUT2D eigenvalue weighted by molar-refractivity contribution is 5.02. The third kappa shape index (κ3) is 2.84. The van der Waals surface area contributed by atoms with Gasteiger partial charge in [-0.2, -0.15) is 0 Å². The smallest absolute Gasteiger partial charge is 0.133 e. The number of rotatable bonds is 7. The van der Waals surface area contributed by atoms with Gasteiger partial charge in [0.2, 0.25) is 0 Å². The summed E-state index contributed by atoms with van der Waals surface area (Å²) in [6.07, 6.45) is 4.19. The second kappa shape index (κ2) is 4.99. The first kappa shape index (κ1) is 11.6. The molecule has 0 saturated heterocycles. The third-order valence-electron chi connectivity index (χ3n) is 3.31. The van der Waals surface area contributed by atoms with Gasteiger partial charge in [-0.1, -0.05) is 0 Å². The van der Waals surface area contributed by atoms with Crippen molar-refractivity contribution in [1.29, 1.82) is 0 Å². The molecule has 90 valence electrons. The summed E-state index contributed by atoms with van der Waals surface area (Å²) < 4.78 is 5.11. The molecule has 0 amide bonds. The normalized spacial score (nSPS) is 19.6. The Balaban J connectivity index is 1.68. The number of aliphatic hydroxyl groups is 2. The highest BCUT2D eigenvalue weighted by atomic mass is 16.4. The van der Waals surface area contributed by atoms with E-state index in [1.807, 2.05) is 0 Å². The van der Waals surface area contributed by atoms with Crippen LogP contribution in [0.5, 0.6) is 0 Å². The minimum absolute atomic E-state index is 0.252. The lowest BCUT2D eigenvalue weighted by Crippen LogP contribution is -2.28. The Bertz CT molecular complexity index is 306. The van der Waals surface area contributed by atoms with Crippen LogP contribution in [0.25, 0.3) is 0 Å². The van der Waals surface area contributed by atoms with Gasteiger partial charge in [-0.3, -0.25) is 0 Å². The second-order valence-electron chi connectivity index (χ2n) is 4.64. The summed E-state index contributed by atoms with van der Waals surface area (Å²) in [6, 6.07) is 3.54. The zero-order valence-corrected chi connectivity index (χ0v) is 9.35. The van der Waals surface area contributed by atoms with Gasteiger partial charge in [-0.05, 0) is 36.8 Å². The Morgan fingerprint density at radius 1 is 1.50 bits per heavy atom. The molecule has 1 aromatic rings. The Morgan fingerprint density at radius 2 is 2.31 bits per heavy atom. The van der Waals surface area contributed by atoms with E-state index < -0.39 is 6.10 Å². The second-order valence-corrected chi connectivity index (χ2v) is 4.64. The Labute approximate surface area is 95.3 Å². The summed E-state index contributed by atoms with van der Waals surface area (Å²) in [7, 11) is 0. The maximum Gasteiger partial charge on any atom is 0.133 e. The van der Waals surface area contributed by atoms with E-state index in [0.717, 1.165) is 13.0 Å². The topological polar surface area (TPSA) is 65.6 Å². The molecule has 4 heteroatoms. The lowest BCUT2D eigenvalue weighted by atomic mass is 10.0. The van der Waals surface area contributed by atoms with Crippen molar-refractivity contribution in [1.82, 2.24) is 5.32 Å². The van der Waals surface area contributed by atoms with Crippen molar-refractivity contribution in [3.63, 3.8) is 0 Å². The quantitative estimate of drug-likeness (QED) is 0.649. The predicted molar refractivity (Wildman–Crippen MR) is 59.9 cm³/mol. The molecule has 4 nitrogen and oxygen atoms in total. The van der Waals surface area contributed by atoms with E-state index in [2.05, 4.69) is 5.32 Å². The highest BCUT2D eigenvalue weighted by Gasteiger charge is 2.41. The SMILES string of the molecule is OCCC1(CNCC(O)c2ccco2)CC1. The van der Waals surface area contributed by atoms with Crippen molar-refractivity contribution in [2.45, 2.75) is 25.4 Å². The van der Waals surface area contributed by atoms with E-state index in [1.54, 1.807) is 18.4 Å². The van der Waals surface area contributed by atoms with Gasteiger partial charge in [0, 0.05) is 19.7 Å². The summed E-state index contributed by atoms with van der Waals surface area (Å²) in [5, 5.41) is 21.9. The Hall–Kier alpha value is -0.840. The molecule has 1 aromatic heterocycles. The van der Waals surface area contributed by atoms with Crippen LogP contribution in [0.15, 0.2) is 22.8 Å². The van der Waals surface area contributed by atoms with E-state index in [9.17, 15) is 5.11 Å². The first-order valence-corrected chi connectivity index (χ1v) is 5.79. The molecule has 0 aromatic carbocycles. The molecule has 1 aliphatic rings. The van der Waals surface area contributed by atoms with Gasteiger partial charge < -0.3 is 19.9 Å². The number of nitrogens with one attached hydrogen (secondary N) is 1. The maximum absolute atomic E-state index is 9.75. The van der Waals surface area contributed by atoms with Gasteiger partial charge in [0.05, 0.1) is 6.26 Å². The summed E-state index contributed by atoms with van der Waals surface area (Å²) in [4.78, 5) is 0. The minimum atomic E-state index is -0.583. The molecule has 0 aliphatic heterocycles. The first-order chi connectivity index (χ1) is 7.76.